The van der Waals surface area contributed by atoms with Gasteiger partial charge in [-0.15, -0.1) is 0 Å². The summed E-state index contributed by atoms with van der Waals surface area (Å²) in [6, 6.07) is 0.236. The number of hydrogen-bond acceptors (Lipinski definition) is 3. The molecule has 0 aliphatic rings. The van der Waals surface area contributed by atoms with E-state index in [0.29, 0.717) is 0 Å². The maximum atomic E-state index is 5.91. The molecule has 2 atom stereocenters. The van der Waals surface area contributed by atoms with Crippen LogP contribution in [0.4, 0.5) is 0 Å². The zero-order chi connectivity index (χ0) is 13.5. The smallest absolute Gasteiger partial charge is 0.0789 e. The Bertz CT molecular complexity index is 185. The minimum Gasteiger partial charge on any atom is -0.376 e. The van der Waals surface area contributed by atoms with E-state index in [-0.39, 0.29) is 17.6 Å². The molecule has 3 nitrogen and oxygen atoms in total. The van der Waals surface area contributed by atoms with Crippen LogP contribution in [0.5, 0.6) is 0 Å². The van der Waals surface area contributed by atoms with Crippen molar-refractivity contribution in [2.45, 2.75) is 73.0 Å². The summed E-state index contributed by atoms with van der Waals surface area (Å²) < 4.78 is 5.91. The summed E-state index contributed by atoms with van der Waals surface area (Å²) in [7, 11) is 0. The standard InChI is InChI=1S/C14H32N2O/c1-7-11(8-2)10-12(16-15)13(17-9-3)14(4,5)6/h11-13,16H,7-10,15H2,1-6H3. The first kappa shape index (κ1) is 16.9. The molecule has 0 fully saturated rings. The van der Waals surface area contributed by atoms with E-state index in [1.807, 2.05) is 6.92 Å². The monoisotopic (exact) mass is 244 g/mol. The predicted octanol–water partition coefficient (Wildman–Crippen LogP) is 3.10. The average molecular weight is 244 g/mol. The summed E-state index contributed by atoms with van der Waals surface area (Å²) >= 11 is 0. The van der Waals surface area contributed by atoms with Gasteiger partial charge in [0.25, 0.3) is 0 Å². The van der Waals surface area contributed by atoms with Crippen molar-refractivity contribution in [3.05, 3.63) is 0 Å². The van der Waals surface area contributed by atoms with Crippen molar-refractivity contribution >= 4 is 0 Å². The van der Waals surface area contributed by atoms with E-state index < -0.39 is 0 Å². The van der Waals surface area contributed by atoms with E-state index in [9.17, 15) is 0 Å². The lowest BCUT2D eigenvalue weighted by molar-refractivity contribution is -0.0408. The van der Waals surface area contributed by atoms with Crippen molar-refractivity contribution in [2.24, 2.45) is 17.2 Å². The predicted molar refractivity (Wildman–Crippen MR) is 74.7 cm³/mol. The Morgan fingerprint density at radius 1 is 1.12 bits per heavy atom. The highest BCUT2D eigenvalue weighted by molar-refractivity contribution is 4.86. The van der Waals surface area contributed by atoms with E-state index in [0.717, 1.165) is 18.9 Å². The lowest BCUT2D eigenvalue weighted by Gasteiger charge is -2.37. The molecule has 2 unspecified atom stereocenters. The largest absolute Gasteiger partial charge is 0.376 e. The first-order valence-corrected chi connectivity index (χ1v) is 6.98. The van der Waals surface area contributed by atoms with E-state index in [2.05, 4.69) is 40.0 Å². The van der Waals surface area contributed by atoms with Crippen LogP contribution in [0, 0.1) is 11.3 Å². The molecule has 0 rings (SSSR count). The molecule has 0 saturated heterocycles. The highest BCUT2D eigenvalue weighted by Crippen LogP contribution is 2.28. The van der Waals surface area contributed by atoms with Crippen LogP contribution in [-0.2, 0) is 4.74 Å². The minimum absolute atomic E-state index is 0.110. The summed E-state index contributed by atoms with van der Waals surface area (Å²) in [5.41, 5.74) is 3.08. The van der Waals surface area contributed by atoms with Gasteiger partial charge in [-0.2, -0.15) is 0 Å². The molecule has 0 aliphatic heterocycles. The van der Waals surface area contributed by atoms with Crippen LogP contribution >= 0.6 is 0 Å². The fourth-order valence-corrected chi connectivity index (χ4v) is 2.41. The molecule has 3 N–H and O–H groups in total. The second-order valence-corrected chi connectivity index (χ2v) is 5.93. The summed E-state index contributed by atoms with van der Waals surface area (Å²) in [4.78, 5) is 0. The second kappa shape index (κ2) is 8.06. The highest BCUT2D eigenvalue weighted by atomic mass is 16.5. The van der Waals surface area contributed by atoms with Gasteiger partial charge in [0.05, 0.1) is 6.10 Å². The topological polar surface area (TPSA) is 47.3 Å². The molecule has 0 amide bonds. The molecular weight excluding hydrogens is 212 g/mol. The number of nitrogens with two attached hydrogens (primary N) is 1. The number of ether oxygens (including phenoxy) is 1. The molecule has 0 heterocycles. The van der Waals surface area contributed by atoms with Crippen LogP contribution in [-0.4, -0.2) is 18.8 Å². The molecule has 0 aromatic heterocycles. The number of nitrogens with one attached hydrogen (secondary N) is 1. The van der Waals surface area contributed by atoms with Gasteiger partial charge in [0.15, 0.2) is 0 Å². The molecule has 0 aromatic rings. The van der Waals surface area contributed by atoms with Crippen molar-refractivity contribution in [1.82, 2.24) is 5.43 Å². The van der Waals surface area contributed by atoms with Gasteiger partial charge in [-0.25, -0.2) is 0 Å². The van der Waals surface area contributed by atoms with Crippen molar-refractivity contribution in [2.75, 3.05) is 6.61 Å². The third-order valence-electron chi connectivity index (χ3n) is 3.52. The van der Waals surface area contributed by atoms with Gasteiger partial charge in [-0.1, -0.05) is 47.5 Å². The maximum Gasteiger partial charge on any atom is 0.0789 e. The van der Waals surface area contributed by atoms with Crippen molar-refractivity contribution in [3.63, 3.8) is 0 Å². The van der Waals surface area contributed by atoms with Crippen molar-refractivity contribution in [3.8, 4) is 0 Å². The third kappa shape index (κ3) is 5.84. The van der Waals surface area contributed by atoms with Crippen LogP contribution in [0.1, 0.15) is 60.8 Å². The van der Waals surface area contributed by atoms with E-state index in [1.165, 1.54) is 12.8 Å². The van der Waals surface area contributed by atoms with Gasteiger partial charge in [-0.3, -0.25) is 11.3 Å². The molecule has 0 saturated carbocycles. The van der Waals surface area contributed by atoms with Crippen LogP contribution in [0.25, 0.3) is 0 Å². The first-order chi connectivity index (χ1) is 7.90. The SMILES string of the molecule is CCOC(C(CC(CC)CC)NN)C(C)(C)C. The summed E-state index contributed by atoms with van der Waals surface area (Å²) in [5.74, 6) is 6.45. The molecule has 0 aromatic carbocycles. The molecule has 17 heavy (non-hydrogen) atoms. The molecule has 0 spiro atoms. The lowest BCUT2D eigenvalue weighted by Crippen LogP contribution is -2.51. The first-order valence-electron chi connectivity index (χ1n) is 6.98. The molecule has 0 radical (unpaired) electrons. The summed E-state index contributed by atoms with van der Waals surface area (Å²) in [5, 5.41) is 0. The fraction of sp³-hybridized carbons (Fsp3) is 1.00. The van der Waals surface area contributed by atoms with Gasteiger partial charge < -0.3 is 4.74 Å². The van der Waals surface area contributed by atoms with Crippen molar-refractivity contribution in [1.29, 1.82) is 0 Å². The Kier molecular flexibility index (Phi) is 8.01. The number of hydrogen-bond donors (Lipinski definition) is 2. The second-order valence-electron chi connectivity index (χ2n) is 5.93. The molecule has 0 bridgehead atoms. The summed E-state index contributed by atoms with van der Waals surface area (Å²) in [6.45, 7) is 13.9. The molecule has 3 heteroatoms. The Balaban J connectivity index is 4.66. The van der Waals surface area contributed by atoms with E-state index in [1.54, 1.807) is 0 Å². The Hall–Kier alpha value is -0.120. The Labute approximate surface area is 107 Å². The quantitative estimate of drug-likeness (QED) is 0.509. The van der Waals surface area contributed by atoms with Gasteiger partial charge in [-0.05, 0) is 24.7 Å². The molecule has 0 aliphatic carbocycles. The normalized spacial score (nSPS) is 16.2. The van der Waals surface area contributed by atoms with Crippen LogP contribution in [0.15, 0.2) is 0 Å². The Morgan fingerprint density at radius 3 is 1.94 bits per heavy atom. The summed E-state index contributed by atoms with van der Waals surface area (Å²) in [6.07, 6.45) is 3.67. The number of rotatable bonds is 8. The van der Waals surface area contributed by atoms with Gasteiger partial charge in [0.1, 0.15) is 0 Å². The van der Waals surface area contributed by atoms with Crippen molar-refractivity contribution < 1.29 is 4.74 Å². The van der Waals surface area contributed by atoms with Crippen LogP contribution in [0.2, 0.25) is 0 Å². The van der Waals surface area contributed by atoms with E-state index in [4.69, 9.17) is 10.6 Å². The van der Waals surface area contributed by atoms with Gasteiger partial charge in [0.2, 0.25) is 0 Å². The van der Waals surface area contributed by atoms with Crippen LogP contribution in [0.3, 0.4) is 0 Å². The van der Waals surface area contributed by atoms with Crippen LogP contribution < -0.4 is 11.3 Å². The molecular formula is C14H32N2O. The zero-order valence-corrected chi connectivity index (χ0v) is 12.5. The van der Waals surface area contributed by atoms with Gasteiger partial charge in [0, 0.05) is 12.6 Å². The maximum absolute atomic E-state index is 5.91. The lowest BCUT2D eigenvalue weighted by atomic mass is 9.80. The third-order valence-corrected chi connectivity index (χ3v) is 3.52. The van der Waals surface area contributed by atoms with E-state index >= 15 is 0 Å². The fourth-order valence-electron chi connectivity index (χ4n) is 2.41. The van der Waals surface area contributed by atoms with Gasteiger partial charge >= 0.3 is 0 Å². The number of hydrazine groups is 1. The minimum atomic E-state index is 0.110. The Morgan fingerprint density at radius 2 is 1.65 bits per heavy atom. The molecule has 104 valence electrons. The average Bonchev–Trinajstić information content (AvgIpc) is 2.27. The highest BCUT2D eigenvalue weighted by Gasteiger charge is 2.33. The zero-order valence-electron chi connectivity index (χ0n) is 12.5.